The maximum atomic E-state index is 13.2. The zero-order valence-electron chi connectivity index (χ0n) is 18.7. The molecule has 2 aromatic heterocycles. The number of para-hydroxylation sites is 1. The molecule has 33 heavy (non-hydrogen) atoms. The van der Waals surface area contributed by atoms with Gasteiger partial charge >= 0.3 is 6.09 Å². The van der Waals surface area contributed by atoms with Gasteiger partial charge in [0.05, 0.1) is 5.69 Å². The van der Waals surface area contributed by atoms with E-state index in [0.29, 0.717) is 11.6 Å². The molecule has 0 unspecified atom stereocenters. The largest absolute Gasteiger partial charge is 0.444 e. The Hall–Kier alpha value is -3.65. The van der Waals surface area contributed by atoms with E-state index in [1.54, 1.807) is 20.8 Å². The number of ether oxygens (including phenoxy) is 1. The van der Waals surface area contributed by atoms with Gasteiger partial charge in [0, 0.05) is 34.5 Å². The molecule has 0 saturated heterocycles. The first-order valence-electron chi connectivity index (χ1n) is 10.6. The molecule has 7 nitrogen and oxygen atoms in total. The van der Waals surface area contributed by atoms with E-state index in [0.717, 1.165) is 27.7 Å². The molecule has 4 aromatic rings. The second kappa shape index (κ2) is 9.46. The van der Waals surface area contributed by atoms with Gasteiger partial charge < -0.3 is 20.4 Å². The van der Waals surface area contributed by atoms with E-state index >= 15 is 0 Å². The molecule has 0 spiro atoms. The van der Waals surface area contributed by atoms with E-state index in [4.69, 9.17) is 4.74 Å². The van der Waals surface area contributed by atoms with Crippen molar-refractivity contribution in [3.8, 4) is 11.3 Å². The number of anilines is 1. The first kappa shape index (κ1) is 22.5. The number of carbonyl (C=O) groups is 2. The minimum atomic E-state index is -0.844. The summed E-state index contributed by atoms with van der Waals surface area (Å²) < 4.78 is 5.39. The number of thiazole rings is 1. The monoisotopic (exact) mass is 462 g/mol. The Bertz CT molecular complexity index is 1260. The molecule has 0 fully saturated rings. The van der Waals surface area contributed by atoms with E-state index in [1.165, 1.54) is 11.3 Å². The van der Waals surface area contributed by atoms with E-state index < -0.39 is 17.7 Å². The van der Waals surface area contributed by atoms with Crippen molar-refractivity contribution in [1.29, 1.82) is 0 Å². The Balaban J connectivity index is 1.53. The quantitative estimate of drug-likeness (QED) is 0.359. The van der Waals surface area contributed by atoms with Crippen LogP contribution < -0.4 is 10.6 Å². The lowest BCUT2D eigenvalue weighted by atomic mass is 10.0. The molecule has 0 bridgehead atoms. The van der Waals surface area contributed by atoms with Gasteiger partial charge in [-0.3, -0.25) is 4.79 Å². The van der Waals surface area contributed by atoms with Crippen molar-refractivity contribution in [2.45, 2.75) is 38.8 Å². The lowest BCUT2D eigenvalue weighted by molar-refractivity contribution is -0.118. The highest BCUT2D eigenvalue weighted by molar-refractivity contribution is 7.14. The van der Waals surface area contributed by atoms with Gasteiger partial charge in [-0.1, -0.05) is 48.5 Å². The summed E-state index contributed by atoms with van der Waals surface area (Å²) in [5.41, 5.74) is 2.97. The number of rotatable bonds is 6. The molecule has 0 aliphatic heterocycles. The van der Waals surface area contributed by atoms with Crippen LogP contribution in [-0.2, 0) is 16.0 Å². The van der Waals surface area contributed by atoms with Gasteiger partial charge in [0.2, 0.25) is 5.91 Å². The van der Waals surface area contributed by atoms with Crippen molar-refractivity contribution >= 4 is 39.4 Å². The molecule has 2 aromatic carbocycles. The fraction of sp³-hybridized carbons (Fsp3) is 0.240. The Morgan fingerprint density at radius 3 is 2.58 bits per heavy atom. The van der Waals surface area contributed by atoms with Crippen molar-refractivity contribution in [3.63, 3.8) is 0 Å². The third-order valence-electron chi connectivity index (χ3n) is 4.91. The highest BCUT2D eigenvalue weighted by Gasteiger charge is 2.26. The summed E-state index contributed by atoms with van der Waals surface area (Å²) in [5, 5.41) is 8.93. The van der Waals surface area contributed by atoms with Crippen LogP contribution in [0.1, 0.15) is 26.3 Å². The molecular formula is C25H26N4O3S. The van der Waals surface area contributed by atoms with Gasteiger partial charge in [0.1, 0.15) is 11.6 Å². The molecule has 0 radical (unpaired) electrons. The topological polar surface area (TPSA) is 96.1 Å². The number of fused-ring (bicyclic) bond motifs is 1. The highest BCUT2D eigenvalue weighted by Crippen LogP contribution is 2.25. The number of H-pyrrole nitrogens is 1. The van der Waals surface area contributed by atoms with Gasteiger partial charge in [0.25, 0.3) is 0 Å². The van der Waals surface area contributed by atoms with Crippen molar-refractivity contribution in [3.05, 3.63) is 71.7 Å². The Morgan fingerprint density at radius 1 is 1.09 bits per heavy atom. The van der Waals surface area contributed by atoms with E-state index in [2.05, 4.69) is 20.6 Å². The number of amides is 2. The third kappa shape index (κ3) is 5.78. The summed E-state index contributed by atoms with van der Waals surface area (Å²) in [6.45, 7) is 5.34. The predicted octanol–water partition coefficient (Wildman–Crippen LogP) is 5.37. The zero-order valence-corrected chi connectivity index (χ0v) is 19.5. The first-order chi connectivity index (χ1) is 15.8. The molecule has 1 atom stereocenters. The zero-order chi connectivity index (χ0) is 23.4. The second-order valence-electron chi connectivity index (χ2n) is 8.66. The number of aromatic amines is 1. The standard InChI is InChI=1S/C25H26N4O3S/c1-25(2,3)32-24(31)28-20(13-17-14-26-19-12-8-7-11-18(17)19)22(30)29-23-27-21(15-33-23)16-9-5-4-6-10-16/h4-12,14-15,20,26H,13H2,1-3H3,(H,28,31)(H,27,29,30)/t20-/m0/s1. The molecular weight excluding hydrogens is 436 g/mol. The molecule has 8 heteroatoms. The van der Waals surface area contributed by atoms with Crippen LogP contribution in [0, 0.1) is 0 Å². The maximum Gasteiger partial charge on any atom is 0.408 e. The van der Waals surface area contributed by atoms with E-state index in [9.17, 15) is 9.59 Å². The molecule has 0 aliphatic carbocycles. The lowest BCUT2D eigenvalue weighted by Crippen LogP contribution is -2.47. The molecule has 2 amide bonds. The van der Waals surface area contributed by atoms with Gasteiger partial charge in [-0.15, -0.1) is 11.3 Å². The van der Waals surface area contributed by atoms with Crippen LogP contribution in [0.2, 0.25) is 0 Å². The number of nitrogens with zero attached hydrogens (tertiary/aromatic N) is 1. The smallest absolute Gasteiger partial charge is 0.408 e. The number of carbonyl (C=O) groups excluding carboxylic acids is 2. The number of benzene rings is 2. The van der Waals surface area contributed by atoms with Gasteiger partial charge in [-0.05, 0) is 32.4 Å². The average Bonchev–Trinajstić information content (AvgIpc) is 3.40. The maximum absolute atomic E-state index is 13.2. The second-order valence-corrected chi connectivity index (χ2v) is 9.51. The Morgan fingerprint density at radius 2 is 1.82 bits per heavy atom. The number of alkyl carbamates (subject to hydrolysis) is 1. The molecule has 170 valence electrons. The summed E-state index contributed by atoms with van der Waals surface area (Å²) in [5.74, 6) is -0.361. The van der Waals surface area contributed by atoms with Crippen LogP contribution in [-0.4, -0.2) is 33.6 Å². The SMILES string of the molecule is CC(C)(C)OC(=O)N[C@@H](Cc1c[nH]c2ccccc12)C(=O)Nc1nc(-c2ccccc2)cs1. The minimum Gasteiger partial charge on any atom is -0.444 e. The first-order valence-corrected chi connectivity index (χ1v) is 11.5. The summed E-state index contributed by atoms with van der Waals surface area (Å²) >= 11 is 1.34. The normalized spacial score (nSPS) is 12.3. The van der Waals surface area contributed by atoms with Crippen LogP contribution in [0.25, 0.3) is 22.2 Å². The van der Waals surface area contributed by atoms with Crippen LogP contribution >= 0.6 is 11.3 Å². The fourth-order valence-electron chi connectivity index (χ4n) is 3.44. The van der Waals surface area contributed by atoms with Crippen molar-refractivity contribution < 1.29 is 14.3 Å². The molecule has 3 N–H and O–H groups in total. The van der Waals surface area contributed by atoms with Crippen LogP contribution in [0.15, 0.2) is 66.2 Å². The van der Waals surface area contributed by atoms with Crippen molar-refractivity contribution in [2.75, 3.05) is 5.32 Å². The Kier molecular flexibility index (Phi) is 6.46. The van der Waals surface area contributed by atoms with Crippen molar-refractivity contribution in [2.24, 2.45) is 0 Å². The van der Waals surface area contributed by atoms with Crippen LogP contribution in [0.4, 0.5) is 9.93 Å². The predicted molar refractivity (Wildman–Crippen MR) is 131 cm³/mol. The van der Waals surface area contributed by atoms with E-state index in [-0.39, 0.29) is 5.91 Å². The fourth-order valence-corrected chi connectivity index (χ4v) is 4.17. The number of hydrogen-bond donors (Lipinski definition) is 3. The summed E-state index contributed by atoms with van der Waals surface area (Å²) in [6, 6.07) is 16.7. The van der Waals surface area contributed by atoms with Crippen molar-refractivity contribution in [1.82, 2.24) is 15.3 Å². The average molecular weight is 463 g/mol. The Labute approximate surface area is 196 Å². The number of hydrogen-bond acceptors (Lipinski definition) is 5. The number of aromatic nitrogens is 2. The lowest BCUT2D eigenvalue weighted by Gasteiger charge is -2.23. The summed E-state index contributed by atoms with van der Waals surface area (Å²) in [4.78, 5) is 33.4. The summed E-state index contributed by atoms with van der Waals surface area (Å²) in [7, 11) is 0. The molecule has 2 heterocycles. The minimum absolute atomic E-state index is 0.298. The summed E-state index contributed by atoms with van der Waals surface area (Å²) in [6.07, 6.45) is 1.51. The number of nitrogens with one attached hydrogen (secondary N) is 3. The molecule has 0 saturated carbocycles. The third-order valence-corrected chi connectivity index (χ3v) is 5.67. The van der Waals surface area contributed by atoms with Crippen LogP contribution in [0.3, 0.4) is 0 Å². The molecule has 0 aliphatic rings. The molecule has 4 rings (SSSR count). The van der Waals surface area contributed by atoms with Gasteiger partial charge in [-0.25, -0.2) is 9.78 Å². The highest BCUT2D eigenvalue weighted by atomic mass is 32.1. The van der Waals surface area contributed by atoms with Gasteiger partial charge in [-0.2, -0.15) is 0 Å². The van der Waals surface area contributed by atoms with Crippen LogP contribution in [0.5, 0.6) is 0 Å². The van der Waals surface area contributed by atoms with E-state index in [1.807, 2.05) is 66.2 Å². The van der Waals surface area contributed by atoms with Gasteiger partial charge in [0.15, 0.2) is 5.13 Å².